The summed E-state index contributed by atoms with van der Waals surface area (Å²) in [6.07, 6.45) is 2.23. The van der Waals surface area contributed by atoms with Crippen LogP contribution in [0, 0.1) is 5.82 Å². The molecule has 0 bridgehead atoms. The predicted molar refractivity (Wildman–Crippen MR) is 85.7 cm³/mol. The standard InChI is InChI=1S/C16H26FN3O/c1-4-12(3)20(5-2)10-6-7-16(21)19-15-11-13(18)8-9-14(15)17/h8-9,11-12H,4-7,10,18H2,1-3H3,(H,19,21). The molecule has 0 aromatic heterocycles. The van der Waals surface area contributed by atoms with Crippen LogP contribution in [0.15, 0.2) is 18.2 Å². The summed E-state index contributed by atoms with van der Waals surface area (Å²) in [5, 5.41) is 2.57. The highest BCUT2D eigenvalue weighted by Crippen LogP contribution is 2.17. The summed E-state index contributed by atoms with van der Waals surface area (Å²) in [5.41, 5.74) is 6.16. The van der Waals surface area contributed by atoms with Crippen LogP contribution in [0.1, 0.15) is 40.0 Å². The number of amides is 1. The number of hydrogen-bond donors (Lipinski definition) is 2. The summed E-state index contributed by atoms with van der Waals surface area (Å²) in [7, 11) is 0. The monoisotopic (exact) mass is 295 g/mol. The van der Waals surface area contributed by atoms with Crippen LogP contribution in [-0.4, -0.2) is 29.9 Å². The fourth-order valence-electron chi connectivity index (χ4n) is 2.24. The van der Waals surface area contributed by atoms with Crippen molar-refractivity contribution in [3.05, 3.63) is 24.0 Å². The Kier molecular flexibility index (Phi) is 7.15. The summed E-state index contributed by atoms with van der Waals surface area (Å²) in [6.45, 7) is 8.31. The zero-order chi connectivity index (χ0) is 15.8. The maximum Gasteiger partial charge on any atom is 0.224 e. The van der Waals surface area contributed by atoms with Gasteiger partial charge in [-0.1, -0.05) is 13.8 Å². The molecule has 1 aromatic rings. The van der Waals surface area contributed by atoms with Gasteiger partial charge in [0.1, 0.15) is 5.82 Å². The highest BCUT2D eigenvalue weighted by Gasteiger charge is 2.11. The SMILES string of the molecule is CCC(C)N(CC)CCCC(=O)Nc1cc(N)ccc1F. The average molecular weight is 295 g/mol. The summed E-state index contributed by atoms with van der Waals surface area (Å²) in [6, 6.07) is 4.68. The first kappa shape index (κ1) is 17.4. The summed E-state index contributed by atoms with van der Waals surface area (Å²) in [4.78, 5) is 14.2. The van der Waals surface area contributed by atoms with E-state index in [0.717, 1.165) is 25.9 Å². The number of benzene rings is 1. The molecule has 5 heteroatoms. The van der Waals surface area contributed by atoms with Gasteiger partial charge in [-0.3, -0.25) is 4.79 Å². The molecule has 0 saturated heterocycles. The number of rotatable bonds is 8. The Balaban J connectivity index is 2.42. The van der Waals surface area contributed by atoms with Gasteiger partial charge in [0, 0.05) is 18.2 Å². The van der Waals surface area contributed by atoms with E-state index in [9.17, 15) is 9.18 Å². The molecular formula is C16H26FN3O. The number of nitrogens with one attached hydrogen (secondary N) is 1. The van der Waals surface area contributed by atoms with Crippen molar-refractivity contribution in [3.63, 3.8) is 0 Å². The summed E-state index contributed by atoms with van der Waals surface area (Å²) in [5.74, 6) is -0.646. The zero-order valence-corrected chi connectivity index (χ0v) is 13.2. The van der Waals surface area contributed by atoms with Crippen LogP contribution in [0.4, 0.5) is 15.8 Å². The molecule has 0 aliphatic heterocycles. The number of nitrogens with zero attached hydrogens (tertiary/aromatic N) is 1. The number of halogens is 1. The lowest BCUT2D eigenvalue weighted by atomic mass is 10.2. The van der Waals surface area contributed by atoms with Crippen molar-refractivity contribution in [3.8, 4) is 0 Å². The molecule has 118 valence electrons. The molecule has 0 spiro atoms. The Labute approximate surface area is 126 Å². The van der Waals surface area contributed by atoms with Crippen LogP contribution >= 0.6 is 0 Å². The van der Waals surface area contributed by atoms with Gasteiger partial charge in [0.2, 0.25) is 5.91 Å². The molecule has 21 heavy (non-hydrogen) atoms. The van der Waals surface area contributed by atoms with Crippen molar-refractivity contribution in [2.24, 2.45) is 0 Å². The summed E-state index contributed by atoms with van der Waals surface area (Å²) >= 11 is 0. The molecule has 0 saturated carbocycles. The number of nitrogens with two attached hydrogens (primary N) is 1. The van der Waals surface area contributed by atoms with Crippen LogP contribution < -0.4 is 11.1 Å². The molecule has 1 atom stereocenters. The van der Waals surface area contributed by atoms with Gasteiger partial charge in [-0.2, -0.15) is 0 Å². The smallest absolute Gasteiger partial charge is 0.224 e. The van der Waals surface area contributed by atoms with E-state index < -0.39 is 5.82 Å². The van der Waals surface area contributed by atoms with Crippen molar-refractivity contribution >= 4 is 17.3 Å². The second kappa shape index (κ2) is 8.62. The Morgan fingerprint density at radius 1 is 1.43 bits per heavy atom. The maximum absolute atomic E-state index is 13.5. The van der Waals surface area contributed by atoms with Crippen LogP contribution in [-0.2, 0) is 4.79 Å². The molecule has 0 heterocycles. The molecule has 1 rings (SSSR count). The van der Waals surface area contributed by atoms with E-state index in [-0.39, 0.29) is 11.6 Å². The van der Waals surface area contributed by atoms with E-state index in [1.54, 1.807) is 0 Å². The minimum atomic E-state index is -0.465. The van der Waals surface area contributed by atoms with Crippen LogP contribution in [0.3, 0.4) is 0 Å². The molecule has 0 fully saturated rings. The van der Waals surface area contributed by atoms with E-state index in [2.05, 4.69) is 31.0 Å². The highest BCUT2D eigenvalue weighted by atomic mass is 19.1. The quantitative estimate of drug-likeness (QED) is 0.724. The van der Waals surface area contributed by atoms with Crippen LogP contribution in [0.2, 0.25) is 0 Å². The lowest BCUT2D eigenvalue weighted by molar-refractivity contribution is -0.116. The largest absolute Gasteiger partial charge is 0.399 e. The van der Waals surface area contributed by atoms with Crippen molar-refractivity contribution in [1.29, 1.82) is 0 Å². The number of carbonyl (C=O) groups is 1. The second-order valence-corrected chi connectivity index (χ2v) is 5.28. The molecular weight excluding hydrogens is 269 g/mol. The van der Waals surface area contributed by atoms with Gasteiger partial charge in [-0.05, 0) is 51.1 Å². The van der Waals surface area contributed by atoms with E-state index in [4.69, 9.17) is 5.73 Å². The molecule has 0 aliphatic rings. The molecule has 1 amide bonds. The lowest BCUT2D eigenvalue weighted by Gasteiger charge is -2.26. The summed E-state index contributed by atoms with van der Waals surface area (Å²) < 4.78 is 13.5. The molecule has 1 unspecified atom stereocenters. The third kappa shape index (κ3) is 5.71. The minimum Gasteiger partial charge on any atom is -0.399 e. The van der Waals surface area contributed by atoms with Crippen LogP contribution in [0.25, 0.3) is 0 Å². The zero-order valence-electron chi connectivity index (χ0n) is 13.2. The Morgan fingerprint density at radius 3 is 2.76 bits per heavy atom. The predicted octanol–water partition coefficient (Wildman–Crippen LogP) is 3.25. The van der Waals surface area contributed by atoms with Gasteiger partial charge in [0.15, 0.2) is 0 Å². The van der Waals surface area contributed by atoms with Gasteiger partial charge in [0.05, 0.1) is 5.69 Å². The number of anilines is 2. The van der Waals surface area contributed by atoms with Crippen LogP contribution in [0.5, 0.6) is 0 Å². The Morgan fingerprint density at radius 2 is 2.14 bits per heavy atom. The van der Waals surface area contributed by atoms with E-state index in [1.165, 1.54) is 18.2 Å². The fraction of sp³-hybridized carbons (Fsp3) is 0.562. The first-order valence-corrected chi connectivity index (χ1v) is 7.56. The third-order valence-corrected chi connectivity index (χ3v) is 3.73. The second-order valence-electron chi connectivity index (χ2n) is 5.28. The Bertz CT molecular complexity index is 465. The van der Waals surface area contributed by atoms with Crippen molar-refractivity contribution in [1.82, 2.24) is 4.90 Å². The first-order chi connectivity index (χ1) is 9.97. The fourth-order valence-corrected chi connectivity index (χ4v) is 2.24. The molecule has 4 nitrogen and oxygen atoms in total. The van der Waals surface area contributed by atoms with Gasteiger partial charge in [-0.15, -0.1) is 0 Å². The topological polar surface area (TPSA) is 58.4 Å². The molecule has 3 N–H and O–H groups in total. The van der Waals surface area contributed by atoms with Crippen molar-refractivity contribution in [2.75, 3.05) is 24.1 Å². The van der Waals surface area contributed by atoms with E-state index >= 15 is 0 Å². The minimum absolute atomic E-state index is 0.147. The molecule has 1 aromatic carbocycles. The highest BCUT2D eigenvalue weighted by molar-refractivity contribution is 5.91. The number of carbonyl (C=O) groups excluding carboxylic acids is 1. The van der Waals surface area contributed by atoms with Crippen molar-refractivity contribution < 1.29 is 9.18 Å². The van der Waals surface area contributed by atoms with Gasteiger partial charge < -0.3 is 16.0 Å². The van der Waals surface area contributed by atoms with Gasteiger partial charge >= 0.3 is 0 Å². The molecule has 0 aliphatic carbocycles. The maximum atomic E-state index is 13.5. The third-order valence-electron chi connectivity index (χ3n) is 3.73. The molecule has 0 radical (unpaired) electrons. The first-order valence-electron chi connectivity index (χ1n) is 7.56. The van der Waals surface area contributed by atoms with Gasteiger partial charge in [0.25, 0.3) is 0 Å². The number of hydrogen-bond acceptors (Lipinski definition) is 3. The average Bonchev–Trinajstić information content (AvgIpc) is 2.46. The van der Waals surface area contributed by atoms with E-state index in [1.807, 2.05) is 0 Å². The Hall–Kier alpha value is -1.62. The lowest BCUT2D eigenvalue weighted by Crippen LogP contribution is -2.33. The number of nitrogen functional groups attached to an aromatic ring is 1. The van der Waals surface area contributed by atoms with Crippen molar-refractivity contribution in [2.45, 2.75) is 46.1 Å². The van der Waals surface area contributed by atoms with Gasteiger partial charge in [-0.25, -0.2) is 4.39 Å². The van der Waals surface area contributed by atoms with E-state index in [0.29, 0.717) is 18.2 Å². The normalized spacial score (nSPS) is 12.4.